The van der Waals surface area contributed by atoms with Gasteiger partial charge in [-0.1, -0.05) is 26.2 Å². The second-order valence-corrected chi connectivity index (χ2v) is 12.0. The van der Waals surface area contributed by atoms with Crippen LogP contribution in [0.2, 0.25) is 6.04 Å². The van der Waals surface area contributed by atoms with Crippen LogP contribution < -0.4 is 0 Å². The fraction of sp³-hybridized carbons (Fsp3) is 0.579. The molecule has 0 N–H and O–H groups in total. The van der Waals surface area contributed by atoms with Crippen LogP contribution in [0.1, 0.15) is 58.8 Å². The molecule has 0 nitrogen and oxygen atoms in total. The predicted molar refractivity (Wildman–Crippen MR) is 108 cm³/mol. The average Bonchev–Trinajstić information content (AvgIpc) is 3.25. The molecule has 0 spiro atoms. The first-order valence-electron chi connectivity index (χ1n) is 8.53. The SMILES string of the molecule is CCCCC1=CC[C-]=C1.CCCC[Si](=[Zr+2])C(F)(F)F.Cl.Cl.[C-]1=CC=CC1. The summed E-state index contributed by atoms with van der Waals surface area (Å²) in [6.45, 7) is 4.14. The third kappa shape index (κ3) is 19.2. The number of halogens is 5. The summed E-state index contributed by atoms with van der Waals surface area (Å²) in [4.78, 5) is 0. The van der Waals surface area contributed by atoms with Crippen LogP contribution in [-0.2, 0) is 23.3 Å². The van der Waals surface area contributed by atoms with E-state index in [9.17, 15) is 13.2 Å². The van der Waals surface area contributed by atoms with Crippen molar-refractivity contribution >= 4 is 30.2 Å². The number of unbranched alkanes of at least 4 members (excludes halogenated alkanes) is 2. The molecular weight excluding hydrogens is 475 g/mol. The van der Waals surface area contributed by atoms with E-state index in [0.717, 1.165) is 25.7 Å². The Morgan fingerprint density at radius 2 is 1.73 bits per heavy atom. The van der Waals surface area contributed by atoms with Gasteiger partial charge in [0.25, 0.3) is 0 Å². The molecule has 0 aromatic carbocycles. The smallest absolute Gasteiger partial charge is 0.109 e. The Bertz CT molecular complexity index is 460. The monoisotopic (exact) mass is 502 g/mol. The molecule has 0 unspecified atom stereocenters. The van der Waals surface area contributed by atoms with Crippen molar-refractivity contribution in [1.82, 2.24) is 0 Å². The maximum Gasteiger partial charge on any atom is -0.109 e. The minimum atomic E-state index is -3.85. The average molecular weight is 505 g/mol. The van der Waals surface area contributed by atoms with Crippen molar-refractivity contribution < 1.29 is 36.5 Å². The van der Waals surface area contributed by atoms with Crippen molar-refractivity contribution in [3.63, 3.8) is 0 Å². The zero-order chi connectivity index (χ0) is 18.3. The molecule has 148 valence electrons. The van der Waals surface area contributed by atoms with Crippen LogP contribution in [0.15, 0.2) is 36.0 Å². The van der Waals surface area contributed by atoms with E-state index < -0.39 is 11.2 Å². The van der Waals surface area contributed by atoms with E-state index in [1.54, 1.807) is 0 Å². The van der Waals surface area contributed by atoms with Crippen LogP contribution in [0.3, 0.4) is 0 Å². The van der Waals surface area contributed by atoms with Crippen LogP contribution in [0, 0.1) is 12.2 Å². The van der Waals surface area contributed by atoms with Gasteiger partial charge in [0, 0.05) is 0 Å². The quantitative estimate of drug-likeness (QED) is 0.260. The van der Waals surface area contributed by atoms with Crippen molar-refractivity contribution in [3.8, 4) is 0 Å². The second-order valence-electron chi connectivity index (χ2n) is 5.52. The molecule has 2 aliphatic rings. The molecule has 0 heterocycles. The minimum Gasteiger partial charge on any atom is -0.273 e. The Labute approximate surface area is 184 Å². The van der Waals surface area contributed by atoms with Crippen LogP contribution in [0.5, 0.6) is 0 Å². The molecule has 0 aromatic rings. The number of rotatable bonds is 6. The summed E-state index contributed by atoms with van der Waals surface area (Å²) in [7, 11) is 0. The van der Waals surface area contributed by atoms with Gasteiger partial charge in [-0.2, -0.15) is 12.2 Å². The fourth-order valence-electron chi connectivity index (χ4n) is 1.83. The van der Waals surface area contributed by atoms with Gasteiger partial charge in [-0.05, 0) is 0 Å². The molecule has 0 saturated carbocycles. The van der Waals surface area contributed by atoms with Crippen molar-refractivity contribution in [2.45, 2.75) is 70.6 Å². The summed E-state index contributed by atoms with van der Waals surface area (Å²) in [5, 5.41) is 0. The van der Waals surface area contributed by atoms with Gasteiger partial charge in [0.15, 0.2) is 0 Å². The van der Waals surface area contributed by atoms with Gasteiger partial charge in [0.05, 0.1) is 0 Å². The van der Waals surface area contributed by atoms with Crippen LogP contribution in [-0.4, -0.2) is 11.2 Å². The first kappa shape index (κ1) is 31.1. The summed E-state index contributed by atoms with van der Waals surface area (Å²) in [5.41, 5.74) is -0.495. The van der Waals surface area contributed by atoms with Crippen molar-refractivity contribution in [1.29, 1.82) is 0 Å². The van der Waals surface area contributed by atoms with Crippen molar-refractivity contribution in [2.24, 2.45) is 0 Å². The summed E-state index contributed by atoms with van der Waals surface area (Å²) in [6.07, 6.45) is 24.1. The van der Waals surface area contributed by atoms with E-state index in [2.05, 4.69) is 37.3 Å². The first-order chi connectivity index (χ1) is 11.4. The molecule has 0 saturated heterocycles. The summed E-state index contributed by atoms with van der Waals surface area (Å²) < 4.78 is 35.5. The maximum absolute atomic E-state index is 11.8. The molecule has 2 rings (SSSR count). The summed E-state index contributed by atoms with van der Waals surface area (Å²) >= 11 is 0.689. The Balaban J connectivity index is -0.000000306. The predicted octanol–water partition coefficient (Wildman–Crippen LogP) is 7.44. The largest absolute Gasteiger partial charge is 0.273 e. The van der Waals surface area contributed by atoms with E-state index in [0.29, 0.717) is 29.4 Å². The Kier molecular flexibility index (Phi) is 24.2. The standard InChI is InChI=1S/C9H13.C5H9F3Si.C5H5.2ClH.Zr/c1-2-3-6-9-7-4-5-8-9;1-2-3-4-9-5(6,7)8;1-2-4-5-3-1;;;/h7-8H,2-4,6H2,1H3;2-4H2,1H3;1-3H,4H2;2*1H;/q-1;;-1;;;+2. The third-order valence-electron chi connectivity index (χ3n) is 3.30. The summed E-state index contributed by atoms with van der Waals surface area (Å²) in [6, 6.07) is 0.406. The number of alkyl halides is 3. The van der Waals surface area contributed by atoms with Gasteiger partial charge >= 0.3 is 73.5 Å². The Hall–Kier alpha value is 0.430. The van der Waals surface area contributed by atoms with Gasteiger partial charge in [-0.15, -0.1) is 37.7 Å². The fourth-order valence-corrected chi connectivity index (χ4v) is 4.12. The number of allylic oxidation sites excluding steroid dienone is 8. The van der Waals surface area contributed by atoms with Gasteiger partial charge in [-0.25, -0.2) is 23.8 Å². The topological polar surface area (TPSA) is 0 Å². The van der Waals surface area contributed by atoms with Gasteiger partial charge < -0.3 is 0 Å². The first-order valence-corrected chi connectivity index (χ1v) is 13.9. The zero-order valence-electron chi connectivity index (χ0n) is 15.5. The molecule has 0 radical (unpaired) electrons. The van der Waals surface area contributed by atoms with Crippen LogP contribution >= 0.6 is 24.8 Å². The zero-order valence-corrected chi connectivity index (χ0v) is 20.6. The maximum atomic E-state index is 11.8. The van der Waals surface area contributed by atoms with Gasteiger partial charge in [0.1, 0.15) is 0 Å². The van der Waals surface area contributed by atoms with Gasteiger partial charge in [0.2, 0.25) is 0 Å². The van der Waals surface area contributed by atoms with Crippen LogP contribution in [0.25, 0.3) is 0 Å². The molecule has 0 aromatic heterocycles. The molecule has 26 heavy (non-hydrogen) atoms. The van der Waals surface area contributed by atoms with E-state index in [4.69, 9.17) is 0 Å². The molecule has 2 aliphatic carbocycles. The minimum absolute atomic E-state index is 0. The molecular formula is C19H29Cl2F3SiZr. The van der Waals surface area contributed by atoms with E-state index in [1.165, 1.54) is 24.8 Å². The number of hydrogen-bond acceptors (Lipinski definition) is 0. The Morgan fingerprint density at radius 1 is 1.08 bits per heavy atom. The second kappa shape index (κ2) is 20.2. The van der Waals surface area contributed by atoms with Gasteiger partial charge in [-0.3, -0.25) is 12.2 Å². The molecule has 0 atom stereocenters. The molecule has 7 heteroatoms. The Morgan fingerprint density at radius 3 is 2.08 bits per heavy atom. The van der Waals surface area contributed by atoms with E-state index >= 15 is 0 Å². The van der Waals surface area contributed by atoms with E-state index in [-0.39, 0.29) is 24.8 Å². The van der Waals surface area contributed by atoms with E-state index in [1.807, 2.05) is 19.1 Å². The summed E-state index contributed by atoms with van der Waals surface area (Å²) in [5.74, 6) is -3.85. The third-order valence-corrected chi connectivity index (χ3v) is 8.77. The molecule has 0 bridgehead atoms. The normalized spacial score (nSPS) is 13.6. The molecule has 0 amide bonds. The number of hydrogen-bond donors (Lipinski definition) is 0. The van der Waals surface area contributed by atoms with Crippen molar-refractivity contribution in [2.75, 3.05) is 0 Å². The van der Waals surface area contributed by atoms with Crippen molar-refractivity contribution in [3.05, 3.63) is 48.1 Å². The molecule has 0 fully saturated rings. The van der Waals surface area contributed by atoms with Crippen LogP contribution in [0.4, 0.5) is 13.2 Å². The molecule has 0 aliphatic heterocycles.